The summed E-state index contributed by atoms with van der Waals surface area (Å²) in [4.78, 5) is 28.4. The lowest BCUT2D eigenvalue weighted by molar-refractivity contribution is -0.118. The first-order valence-electron chi connectivity index (χ1n) is 8.98. The maximum Gasteiger partial charge on any atom is 0.262 e. The van der Waals surface area contributed by atoms with E-state index in [0.29, 0.717) is 17.4 Å². The number of rotatable bonds is 5. The number of carbonyl (C=O) groups is 2. The molecule has 1 aliphatic rings. The van der Waals surface area contributed by atoms with E-state index < -0.39 is 0 Å². The molecule has 2 heterocycles. The van der Waals surface area contributed by atoms with Crippen LogP contribution in [0.2, 0.25) is 0 Å². The van der Waals surface area contributed by atoms with E-state index in [9.17, 15) is 9.59 Å². The van der Waals surface area contributed by atoms with Gasteiger partial charge in [0.25, 0.3) is 5.91 Å². The molecule has 148 valence electrons. The first-order valence-corrected chi connectivity index (χ1v) is 9.77. The van der Waals surface area contributed by atoms with Crippen molar-refractivity contribution >= 4 is 39.4 Å². The number of aromatic nitrogens is 3. The lowest BCUT2D eigenvalue weighted by Crippen LogP contribution is -2.29. The van der Waals surface area contributed by atoms with Crippen molar-refractivity contribution in [2.75, 3.05) is 17.2 Å². The summed E-state index contributed by atoms with van der Waals surface area (Å²) in [6.45, 7) is 1.79. The van der Waals surface area contributed by atoms with E-state index in [0.717, 1.165) is 15.6 Å². The highest BCUT2D eigenvalue weighted by molar-refractivity contribution is 9.10. The molecule has 1 aromatic heterocycles. The minimum Gasteiger partial charge on any atom is -0.483 e. The van der Waals surface area contributed by atoms with Gasteiger partial charge in [-0.3, -0.25) is 14.9 Å². The molecule has 0 aliphatic carbocycles. The minimum atomic E-state index is -0.352. The van der Waals surface area contributed by atoms with Crippen LogP contribution in [0, 0.1) is 6.92 Å². The molecule has 0 fully saturated rings. The molecule has 29 heavy (non-hydrogen) atoms. The number of amides is 2. The Bertz CT molecular complexity index is 1080. The second-order valence-corrected chi connectivity index (χ2v) is 7.49. The number of para-hydroxylation sites is 1. The number of nitrogens with one attached hydrogen (secondary N) is 2. The lowest BCUT2D eigenvalue weighted by atomic mass is 10.0. The SMILES string of the molecule is Cc1cc(NC(=O)COc2ccccc2[C@@H]2CC(=O)Nc3ncnn32)ccc1Br. The molecule has 4 rings (SSSR count). The van der Waals surface area contributed by atoms with Crippen LogP contribution < -0.4 is 15.4 Å². The highest BCUT2D eigenvalue weighted by Gasteiger charge is 2.29. The number of aryl methyl sites for hydroxylation is 1. The average Bonchev–Trinajstić information content (AvgIpc) is 3.17. The maximum atomic E-state index is 12.3. The zero-order valence-electron chi connectivity index (χ0n) is 15.6. The lowest BCUT2D eigenvalue weighted by Gasteiger charge is -2.25. The summed E-state index contributed by atoms with van der Waals surface area (Å²) < 4.78 is 8.41. The summed E-state index contributed by atoms with van der Waals surface area (Å²) in [6.07, 6.45) is 1.60. The van der Waals surface area contributed by atoms with Gasteiger partial charge in [-0.25, -0.2) is 4.68 Å². The van der Waals surface area contributed by atoms with Crippen molar-refractivity contribution in [2.24, 2.45) is 0 Å². The van der Waals surface area contributed by atoms with Crippen molar-refractivity contribution in [3.8, 4) is 5.75 Å². The van der Waals surface area contributed by atoms with E-state index in [-0.39, 0.29) is 30.9 Å². The Hall–Kier alpha value is -3.20. The average molecular weight is 456 g/mol. The van der Waals surface area contributed by atoms with Crippen LogP contribution in [0.15, 0.2) is 53.3 Å². The van der Waals surface area contributed by atoms with E-state index in [4.69, 9.17) is 4.74 Å². The second kappa shape index (κ2) is 8.04. The first-order chi connectivity index (χ1) is 14.0. The van der Waals surface area contributed by atoms with Gasteiger partial charge in [0.2, 0.25) is 11.9 Å². The van der Waals surface area contributed by atoms with E-state index in [1.807, 2.05) is 43.3 Å². The molecule has 0 saturated heterocycles. The molecular weight excluding hydrogens is 438 g/mol. The van der Waals surface area contributed by atoms with Crippen LogP contribution in [0.1, 0.15) is 23.6 Å². The van der Waals surface area contributed by atoms with Crippen LogP contribution in [0.25, 0.3) is 0 Å². The van der Waals surface area contributed by atoms with Gasteiger partial charge in [-0.05, 0) is 36.8 Å². The molecule has 8 nitrogen and oxygen atoms in total. The van der Waals surface area contributed by atoms with Crippen molar-refractivity contribution in [3.05, 3.63) is 64.4 Å². The highest BCUT2D eigenvalue weighted by Crippen LogP contribution is 2.34. The molecule has 1 atom stereocenters. The van der Waals surface area contributed by atoms with Gasteiger partial charge in [0.15, 0.2) is 6.61 Å². The molecule has 0 spiro atoms. The van der Waals surface area contributed by atoms with Gasteiger partial charge >= 0.3 is 0 Å². The number of benzene rings is 2. The third-order valence-electron chi connectivity index (χ3n) is 4.58. The molecule has 2 amide bonds. The van der Waals surface area contributed by atoms with E-state index in [2.05, 4.69) is 36.6 Å². The third-order valence-corrected chi connectivity index (χ3v) is 5.47. The van der Waals surface area contributed by atoms with Crippen LogP contribution >= 0.6 is 15.9 Å². The zero-order valence-corrected chi connectivity index (χ0v) is 17.1. The smallest absolute Gasteiger partial charge is 0.262 e. The molecule has 0 bridgehead atoms. The van der Waals surface area contributed by atoms with Gasteiger partial charge in [0.1, 0.15) is 12.1 Å². The van der Waals surface area contributed by atoms with Crippen molar-refractivity contribution in [2.45, 2.75) is 19.4 Å². The number of nitrogens with zero attached hydrogens (tertiary/aromatic N) is 3. The number of hydrogen-bond acceptors (Lipinski definition) is 5. The standard InChI is InChI=1S/C20H18BrN5O3/c1-12-8-13(6-7-15(12)21)24-19(28)10-29-17-5-3-2-4-14(17)16-9-18(27)25-20-22-11-23-26(16)20/h2-8,11,16H,9-10H2,1H3,(H,24,28)(H,22,23,25,27)/t16-/m0/s1. The molecule has 0 saturated carbocycles. The van der Waals surface area contributed by atoms with Crippen LogP contribution in [0.4, 0.5) is 11.6 Å². The van der Waals surface area contributed by atoms with Crippen LogP contribution in [0.3, 0.4) is 0 Å². The van der Waals surface area contributed by atoms with Crippen LogP contribution in [-0.2, 0) is 9.59 Å². The molecule has 3 aromatic rings. The van der Waals surface area contributed by atoms with Gasteiger partial charge in [0.05, 0.1) is 12.5 Å². The molecule has 0 unspecified atom stereocenters. The molecular formula is C20H18BrN5O3. The number of fused-ring (bicyclic) bond motifs is 1. The Morgan fingerprint density at radius 2 is 2.17 bits per heavy atom. The number of ether oxygens (including phenoxy) is 1. The fourth-order valence-corrected chi connectivity index (χ4v) is 3.44. The minimum absolute atomic E-state index is 0.145. The van der Waals surface area contributed by atoms with E-state index in [1.165, 1.54) is 6.33 Å². The van der Waals surface area contributed by atoms with E-state index in [1.54, 1.807) is 10.7 Å². The summed E-state index contributed by atoms with van der Waals surface area (Å²) in [7, 11) is 0. The monoisotopic (exact) mass is 455 g/mol. The predicted molar refractivity (Wildman–Crippen MR) is 111 cm³/mol. The zero-order chi connectivity index (χ0) is 20.4. The quantitative estimate of drug-likeness (QED) is 0.614. The number of halogens is 1. The van der Waals surface area contributed by atoms with Gasteiger partial charge in [-0.2, -0.15) is 10.1 Å². The van der Waals surface area contributed by atoms with Gasteiger partial charge in [0, 0.05) is 15.7 Å². The number of hydrogen-bond donors (Lipinski definition) is 2. The molecule has 0 radical (unpaired) electrons. The third kappa shape index (κ3) is 4.14. The molecule has 9 heteroatoms. The topological polar surface area (TPSA) is 98.1 Å². The Balaban J connectivity index is 1.49. The predicted octanol–water partition coefficient (Wildman–Crippen LogP) is 3.30. The molecule has 1 aliphatic heterocycles. The Labute approximate surface area is 175 Å². The van der Waals surface area contributed by atoms with Gasteiger partial charge < -0.3 is 10.1 Å². The summed E-state index contributed by atoms with van der Waals surface area (Å²) >= 11 is 3.44. The van der Waals surface area contributed by atoms with Crippen LogP contribution in [0.5, 0.6) is 5.75 Å². The van der Waals surface area contributed by atoms with E-state index >= 15 is 0 Å². The fraction of sp³-hybridized carbons (Fsp3) is 0.200. The normalized spacial score (nSPS) is 15.4. The fourth-order valence-electron chi connectivity index (χ4n) is 3.20. The first kappa shape index (κ1) is 19.1. The van der Waals surface area contributed by atoms with Crippen molar-refractivity contribution in [1.82, 2.24) is 14.8 Å². The number of anilines is 2. The Kier molecular flexibility index (Phi) is 5.30. The summed E-state index contributed by atoms with van der Waals surface area (Å²) in [6, 6.07) is 12.5. The second-order valence-electron chi connectivity index (χ2n) is 6.63. The van der Waals surface area contributed by atoms with Crippen molar-refractivity contribution in [3.63, 3.8) is 0 Å². The van der Waals surface area contributed by atoms with Crippen molar-refractivity contribution in [1.29, 1.82) is 0 Å². The molecule has 2 N–H and O–H groups in total. The Morgan fingerprint density at radius 1 is 1.34 bits per heavy atom. The van der Waals surface area contributed by atoms with Gasteiger partial charge in [-0.1, -0.05) is 34.1 Å². The van der Waals surface area contributed by atoms with Crippen molar-refractivity contribution < 1.29 is 14.3 Å². The summed E-state index contributed by atoms with van der Waals surface area (Å²) in [5, 5.41) is 9.72. The number of carbonyl (C=O) groups excluding carboxylic acids is 2. The Morgan fingerprint density at radius 3 is 3.00 bits per heavy atom. The maximum absolute atomic E-state index is 12.3. The van der Waals surface area contributed by atoms with Crippen LogP contribution in [-0.4, -0.2) is 33.2 Å². The largest absolute Gasteiger partial charge is 0.483 e. The molecule has 2 aromatic carbocycles. The highest BCUT2D eigenvalue weighted by atomic mass is 79.9. The summed E-state index contributed by atoms with van der Waals surface area (Å²) in [5.41, 5.74) is 2.48. The van der Waals surface area contributed by atoms with Gasteiger partial charge in [-0.15, -0.1) is 0 Å². The summed E-state index contributed by atoms with van der Waals surface area (Å²) in [5.74, 6) is 0.498.